The lowest BCUT2D eigenvalue weighted by Gasteiger charge is -2.14. The Morgan fingerprint density at radius 1 is 1.05 bits per heavy atom. The number of fused-ring (bicyclic) bond motifs is 1. The number of hydrogen-bond donors (Lipinski definition) is 2. The Morgan fingerprint density at radius 3 is 2.63 bits per heavy atom. The maximum atomic E-state index is 5.87. The summed E-state index contributed by atoms with van der Waals surface area (Å²) in [6.45, 7) is 2.07. The van der Waals surface area contributed by atoms with Crippen LogP contribution in [-0.2, 0) is 0 Å². The molecule has 0 saturated heterocycles. The number of benzene rings is 2. The average Bonchev–Trinajstić information content (AvgIpc) is 2.83. The van der Waals surface area contributed by atoms with Gasteiger partial charge in [-0.15, -0.1) is 0 Å². The van der Waals surface area contributed by atoms with E-state index in [2.05, 4.69) is 24.5 Å². The standard InChI is InChI=1S/C16H16N2O/c1-11-5-4-7-13(9-11)16(18-17)15-10-12-6-2-3-8-14(12)19-15/h2-10,16,18H,17H2,1H3. The molecule has 0 fully saturated rings. The normalized spacial score (nSPS) is 12.7. The number of nitrogens with two attached hydrogens (primary N) is 1. The number of hydrazine groups is 1. The Morgan fingerprint density at radius 2 is 1.89 bits per heavy atom. The van der Waals surface area contributed by atoms with Gasteiger partial charge < -0.3 is 4.42 Å². The fraction of sp³-hybridized carbons (Fsp3) is 0.125. The van der Waals surface area contributed by atoms with Crippen LogP contribution in [0.25, 0.3) is 11.0 Å². The minimum Gasteiger partial charge on any atom is -0.459 e. The quantitative estimate of drug-likeness (QED) is 0.555. The lowest BCUT2D eigenvalue weighted by molar-refractivity contribution is 0.477. The summed E-state index contributed by atoms with van der Waals surface area (Å²) in [5.74, 6) is 6.53. The monoisotopic (exact) mass is 252 g/mol. The van der Waals surface area contributed by atoms with Crippen molar-refractivity contribution in [1.82, 2.24) is 5.43 Å². The predicted octanol–water partition coefficient (Wildman–Crippen LogP) is 3.29. The average molecular weight is 252 g/mol. The van der Waals surface area contributed by atoms with Crippen molar-refractivity contribution in [2.75, 3.05) is 0 Å². The number of rotatable bonds is 3. The molecule has 0 radical (unpaired) electrons. The molecule has 1 aromatic heterocycles. The van der Waals surface area contributed by atoms with Gasteiger partial charge in [0.15, 0.2) is 0 Å². The first-order valence-electron chi connectivity index (χ1n) is 6.29. The van der Waals surface area contributed by atoms with E-state index in [9.17, 15) is 0 Å². The SMILES string of the molecule is Cc1cccc(C(NN)c2cc3ccccc3o2)c1. The van der Waals surface area contributed by atoms with Gasteiger partial charge >= 0.3 is 0 Å². The lowest BCUT2D eigenvalue weighted by Crippen LogP contribution is -2.28. The molecule has 1 unspecified atom stereocenters. The molecule has 0 amide bonds. The smallest absolute Gasteiger partial charge is 0.134 e. The number of furan rings is 1. The molecule has 3 nitrogen and oxygen atoms in total. The van der Waals surface area contributed by atoms with Gasteiger partial charge in [-0.1, -0.05) is 48.0 Å². The Labute approximate surface area is 112 Å². The van der Waals surface area contributed by atoms with E-state index in [1.807, 2.05) is 42.5 Å². The molecule has 1 atom stereocenters. The first-order chi connectivity index (χ1) is 9.28. The van der Waals surface area contributed by atoms with E-state index in [4.69, 9.17) is 10.3 Å². The molecule has 3 heteroatoms. The molecule has 0 bridgehead atoms. The molecule has 0 aliphatic rings. The van der Waals surface area contributed by atoms with Gasteiger partial charge in [0.1, 0.15) is 17.4 Å². The van der Waals surface area contributed by atoms with Crippen LogP contribution in [-0.4, -0.2) is 0 Å². The molecule has 0 aliphatic heterocycles. The third-order valence-corrected chi connectivity index (χ3v) is 3.27. The Bertz CT molecular complexity index is 670. The molecule has 0 aliphatic carbocycles. The highest BCUT2D eigenvalue weighted by Crippen LogP contribution is 2.28. The largest absolute Gasteiger partial charge is 0.459 e. The number of aryl methyl sites for hydroxylation is 1. The zero-order valence-electron chi connectivity index (χ0n) is 10.8. The van der Waals surface area contributed by atoms with E-state index in [1.165, 1.54) is 5.56 Å². The summed E-state index contributed by atoms with van der Waals surface area (Å²) in [5.41, 5.74) is 6.01. The van der Waals surface area contributed by atoms with E-state index in [1.54, 1.807) is 0 Å². The van der Waals surface area contributed by atoms with E-state index in [0.29, 0.717) is 0 Å². The molecule has 3 rings (SSSR count). The molecule has 3 N–H and O–H groups in total. The molecule has 3 aromatic rings. The van der Waals surface area contributed by atoms with E-state index in [-0.39, 0.29) is 6.04 Å². The van der Waals surface area contributed by atoms with Crippen LogP contribution in [0.4, 0.5) is 0 Å². The van der Waals surface area contributed by atoms with E-state index < -0.39 is 0 Å². The zero-order valence-corrected chi connectivity index (χ0v) is 10.8. The van der Waals surface area contributed by atoms with Crippen molar-refractivity contribution < 1.29 is 4.42 Å². The third kappa shape index (κ3) is 2.26. The summed E-state index contributed by atoms with van der Waals surface area (Å²) in [4.78, 5) is 0. The predicted molar refractivity (Wildman–Crippen MR) is 76.6 cm³/mol. The van der Waals surface area contributed by atoms with Gasteiger partial charge in [0, 0.05) is 5.39 Å². The maximum absolute atomic E-state index is 5.87. The second kappa shape index (κ2) is 4.88. The van der Waals surface area contributed by atoms with Gasteiger partial charge in [0.2, 0.25) is 0 Å². The minimum atomic E-state index is -0.132. The van der Waals surface area contributed by atoms with Gasteiger partial charge in [0.25, 0.3) is 0 Å². The molecule has 2 aromatic carbocycles. The zero-order chi connectivity index (χ0) is 13.2. The van der Waals surface area contributed by atoms with Gasteiger partial charge in [-0.3, -0.25) is 5.84 Å². The second-order valence-electron chi connectivity index (χ2n) is 4.70. The van der Waals surface area contributed by atoms with Gasteiger partial charge in [-0.25, -0.2) is 5.43 Å². The lowest BCUT2D eigenvalue weighted by atomic mass is 10.0. The molecule has 1 heterocycles. The summed E-state index contributed by atoms with van der Waals surface area (Å²) in [5, 5.41) is 1.09. The van der Waals surface area contributed by atoms with Crippen molar-refractivity contribution >= 4 is 11.0 Å². The fourth-order valence-corrected chi connectivity index (χ4v) is 2.34. The number of hydrogen-bond acceptors (Lipinski definition) is 3. The molecule has 0 spiro atoms. The molecule has 19 heavy (non-hydrogen) atoms. The third-order valence-electron chi connectivity index (χ3n) is 3.27. The van der Waals surface area contributed by atoms with Crippen molar-refractivity contribution in [2.24, 2.45) is 5.84 Å². The minimum absolute atomic E-state index is 0.132. The van der Waals surface area contributed by atoms with Crippen LogP contribution in [0.3, 0.4) is 0 Å². The Balaban J connectivity index is 2.06. The summed E-state index contributed by atoms with van der Waals surface area (Å²) in [6, 6.07) is 18.1. The van der Waals surface area contributed by atoms with Crippen LogP contribution in [0.15, 0.2) is 59.0 Å². The molecule has 0 saturated carbocycles. The summed E-state index contributed by atoms with van der Waals surface area (Å²) < 4.78 is 5.87. The van der Waals surface area contributed by atoms with E-state index in [0.717, 1.165) is 22.3 Å². The fourth-order valence-electron chi connectivity index (χ4n) is 2.34. The van der Waals surface area contributed by atoms with Gasteiger partial charge in [-0.05, 0) is 24.6 Å². The highest BCUT2D eigenvalue weighted by Gasteiger charge is 2.17. The van der Waals surface area contributed by atoms with Crippen molar-refractivity contribution in [3.8, 4) is 0 Å². The van der Waals surface area contributed by atoms with Crippen LogP contribution in [0.2, 0.25) is 0 Å². The number of para-hydroxylation sites is 1. The summed E-state index contributed by atoms with van der Waals surface area (Å²) in [7, 11) is 0. The van der Waals surface area contributed by atoms with Gasteiger partial charge in [0.05, 0.1) is 0 Å². The highest BCUT2D eigenvalue weighted by atomic mass is 16.3. The Kier molecular flexibility index (Phi) is 3.07. The van der Waals surface area contributed by atoms with Crippen molar-refractivity contribution in [1.29, 1.82) is 0 Å². The molecule has 96 valence electrons. The molecular formula is C16H16N2O. The van der Waals surface area contributed by atoms with Crippen LogP contribution >= 0.6 is 0 Å². The highest BCUT2D eigenvalue weighted by molar-refractivity contribution is 5.77. The maximum Gasteiger partial charge on any atom is 0.134 e. The Hall–Kier alpha value is -2.10. The first-order valence-corrected chi connectivity index (χ1v) is 6.29. The molecular weight excluding hydrogens is 236 g/mol. The van der Waals surface area contributed by atoms with Crippen LogP contribution < -0.4 is 11.3 Å². The summed E-state index contributed by atoms with van der Waals surface area (Å²) in [6.07, 6.45) is 0. The van der Waals surface area contributed by atoms with Crippen LogP contribution in [0, 0.1) is 6.92 Å². The number of nitrogens with one attached hydrogen (secondary N) is 1. The van der Waals surface area contributed by atoms with E-state index >= 15 is 0 Å². The van der Waals surface area contributed by atoms with Crippen LogP contribution in [0.1, 0.15) is 22.9 Å². The van der Waals surface area contributed by atoms with Crippen molar-refractivity contribution in [3.05, 3.63) is 71.5 Å². The van der Waals surface area contributed by atoms with Crippen LogP contribution in [0.5, 0.6) is 0 Å². The topological polar surface area (TPSA) is 51.2 Å². The van der Waals surface area contributed by atoms with Crippen molar-refractivity contribution in [3.63, 3.8) is 0 Å². The second-order valence-corrected chi connectivity index (χ2v) is 4.70. The summed E-state index contributed by atoms with van der Waals surface area (Å²) >= 11 is 0. The first kappa shape index (κ1) is 12.0. The van der Waals surface area contributed by atoms with Gasteiger partial charge in [-0.2, -0.15) is 0 Å². The van der Waals surface area contributed by atoms with Crippen molar-refractivity contribution in [2.45, 2.75) is 13.0 Å².